The maximum atomic E-state index is 12.6. The second kappa shape index (κ2) is 12.7. The Bertz CT molecular complexity index is 1540. The Kier molecular flexibility index (Phi) is 8.40. The van der Waals surface area contributed by atoms with Gasteiger partial charge in [0.05, 0.1) is 18.6 Å². The van der Waals surface area contributed by atoms with Gasteiger partial charge in [0.25, 0.3) is 5.91 Å². The molecule has 2 aromatic heterocycles. The molecule has 0 fully saturated rings. The molecule has 0 unspecified atom stereocenters. The molecule has 0 saturated heterocycles. The number of rotatable bonds is 10. The number of carbonyl (C=O) groups excluding carboxylic acids is 1. The van der Waals surface area contributed by atoms with Gasteiger partial charge in [-0.05, 0) is 60.0 Å². The van der Waals surface area contributed by atoms with Crippen LogP contribution in [0.5, 0.6) is 5.75 Å². The van der Waals surface area contributed by atoms with Gasteiger partial charge in [-0.3, -0.25) is 14.3 Å². The molecule has 9 heteroatoms. The van der Waals surface area contributed by atoms with Crippen LogP contribution in [0.2, 0.25) is 0 Å². The maximum Gasteiger partial charge on any atom is 0.250 e. The van der Waals surface area contributed by atoms with Crippen LogP contribution in [0.15, 0.2) is 114 Å². The number of nitrogens with one attached hydrogen (secondary N) is 1. The summed E-state index contributed by atoms with van der Waals surface area (Å²) in [4.78, 5) is 16.8. The molecule has 1 amide bonds. The number of pyridine rings is 1. The van der Waals surface area contributed by atoms with Crippen LogP contribution in [0.3, 0.4) is 0 Å². The zero-order valence-electron chi connectivity index (χ0n) is 21.3. The number of hydrazone groups is 1. The molecule has 2 heterocycles. The number of hydrogen-bond acceptors (Lipinski definition) is 7. The number of amides is 1. The highest BCUT2D eigenvalue weighted by Gasteiger charge is 2.17. The fourth-order valence-electron chi connectivity index (χ4n) is 3.87. The Morgan fingerprint density at radius 2 is 1.67 bits per heavy atom. The largest absolute Gasteiger partial charge is 0.494 e. The maximum absolute atomic E-state index is 12.6. The van der Waals surface area contributed by atoms with Crippen LogP contribution in [0.1, 0.15) is 12.5 Å². The second-order valence-electron chi connectivity index (χ2n) is 8.38. The van der Waals surface area contributed by atoms with E-state index in [0.29, 0.717) is 17.6 Å². The van der Waals surface area contributed by atoms with Gasteiger partial charge >= 0.3 is 0 Å². The summed E-state index contributed by atoms with van der Waals surface area (Å²) >= 11 is 1.28. The first-order chi connectivity index (χ1) is 19.2. The Balaban J connectivity index is 1.25. The normalized spacial score (nSPS) is 11.0. The quantitative estimate of drug-likeness (QED) is 0.142. The third-order valence-corrected chi connectivity index (χ3v) is 6.64. The average Bonchev–Trinajstić information content (AvgIpc) is 3.42. The van der Waals surface area contributed by atoms with Crippen molar-refractivity contribution in [3.8, 4) is 34.0 Å². The topological polar surface area (TPSA) is 94.3 Å². The van der Waals surface area contributed by atoms with Crippen molar-refractivity contribution in [3.63, 3.8) is 0 Å². The first-order valence-corrected chi connectivity index (χ1v) is 13.4. The Labute approximate surface area is 230 Å². The number of aromatic nitrogens is 4. The lowest BCUT2D eigenvalue weighted by atomic mass is 10.0. The van der Waals surface area contributed by atoms with E-state index in [2.05, 4.69) is 37.8 Å². The second-order valence-corrected chi connectivity index (χ2v) is 9.32. The van der Waals surface area contributed by atoms with E-state index in [4.69, 9.17) is 4.74 Å². The van der Waals surface area contributed by atoms with Crippen molar-refractivity contribution < 1.29 is 9.53 Å². The van der Waals surface area contributed by atoms with E-state index in [1.165, 1.54) is 11.8 Å². The van der Waals surface area contributed by atoms with Crippen LogP contribution in [0.4, 0.5) is 0 Å². The van der Waals surface area contributed by atoms with E-state index in [1.54, 1.807) is 18.6 Å². The van der Waals surface area contributed by atoms with Crippen molar-refractivity contribution in [3.05, 3.63) is 109 Å². The fraction of sp³-hybridized carbons (Fsp3) is 0.100. The minimum atomic E-state index is -0.249. The first kappa shape index (κ1) is 25.9. The monoisotopic (exact) mass is 534 g/mol. The van der Waals surface area contributed by atoms with E-state index in [9.17, 15) is 4.79 Å². The number of nitrogens with zero attached hydrogens (tertiary/aromatic N) is 5. The average molecular weight is 535 g/mol. The zero-order chi connectivity index (χ0) is 26.9. The van der Waals surface area contributed by atoms with Gasteiger partial charge < -0.3 is 4.74 Å². The van der Waals surface area contributed by atoms with E-state index < -0.39 is 0 Å². The van der Waals surface area contributed by atoms with Crippen LogP contribution in [-0.2, 0) is 4.79 Å². The minimum Gasteiger partial charge on any atom is -0.494 e. The van der Waals surface area contributed by atoms with E-state index in [-0.39, 0.29) is 11.7 Å². The molecule has 0 saturated carbocycles. The summed E-state index contributed by atoms with van der Waals surface area (Å²) < 4.78 is 7.48. The van der Waals surface area contributed by atoms with E-state index >= 15 is 0 Å². The lowest BCUT2D eigenvalue weighted by Gasteiger charge is -2.11. The molecule has 0 bridgehead atoms. The predicted octanol–water partition coefficient (Wildman–Crippen LogP) is 5.64. The molecule has 39 heavy (non-hydrogen) atoms. The molecule has 0 aliphatic carbocycles. The lowest BCUT2D eigenvalue weighted by molar-refractivity contribution is -0.118. The highest BCUT2D eigenvalue weighted by Crippen LogP contribution is 2.28. The van der Waals surface area contributed by atoms with Gasteiger partial charge in [-0.15, -0.1) is 10.2 Å². The summed E-state index contributed by atoms with van der Waals surface area (Å²) in [5, 5.41) is 13.4. The number of ether oxygens (including phenoxy) is 1. The number of benzene rings is 3. The molecule has 5 aromatic rings. The van der Waals surface area contributed by atoms with Gasteiger partial charge in [0.1, 0.15) is 5.75 Å². The number of hydrogen-bond donors (Lipinski definition) is 1. The van der Waals surface area contributed by atoms with Crippen LogP contribution in [0.25, 0.3) is 28.2 Å². The van der Waals surface area contributed by atoms with Crippen molar-refractivity contribution >= 4 is 23.9 Å². The number of carbonyl (C=O) groups is 1. The zero-order valence-corrected chi connectivity index (χ0v) is 22.1. The van der Waals surface area contributed by atoms with E-state index in [1.807, 2.05) is 90.4 Å². The smallest absolute Gasteiger partial charge is 0.250 e. The van der Waals surface area contributed by atoms with Crippen LogP contribution in [0, 0.1) is 0 Å². The molecule has 3 aromatic carbocycles. The highest BCUT2D eigenvalue weighted by molar-refractivity contribution is 7.99. The Hall–Kier alpha value is -4.76. The Morgan fingerprint density at radius 1 is 0.923 bits per heavy atom. The SMILES string of the molecule is CCOc1ccc(-n2c(SCC(=O)N/N=C\c3ccc(-c4ccccc4)cc3)nnc2-c2cccnc2)cc1. The van der Waals surface area contributed by atoms with Crippen molar-refractivity contribution in [1.29, 1.82) is 0 Å². The summed E-state index contributed by atoms with van der Waals surface area (Å²) in [5.74, 6) is 1.28. The molecule has 0 spiro atoms. The Morgan fingerprint density at radius 3 is 2.38 bits per heavy atom. The first-order valence-electron chi connectivity index (χ1n) is 12.4. The molecular formula is C30H26N6O2S. The predicted molar refractivity (Wildman–Crippen MR) is 154 cm³/mol. The minimum absolute atomic E-state index is 0.118. The fourth-order valence-corrected chi connectivity index (χ4v) is 4.61. The third kappa shape index (κ3) is 6.58. The molecule has 194 valence electrons. The van der Waals surface area contributed by atoms with Crippen LogP contribution in [-0.4, -0.2) is 44.2 Å². The summed E-state index contributed by atoms with van der Waals surface area (Å²) in [6, 6.07) is 29.6. The highest BCUT2D eigenvalue weighted by atomic mass is 32.2. The van der Waals surface area contributed by atoms with Gasteiger partial charge in [0.2, 0.25) is 0 Å². The van der Waals surface area contributed by atoms with Crippen molar-refractivity contribution in [2.45, 2.75) is 12.1 Å². The summed E-state index contributed by atoms with van der Waals surface area (Å²) in [6.45, 7) is 2.53. The molecule has 5 rings (SSSR count). The van der Waals surface area contributed by atoms with Crippen LogP contribution >= 0.6 is 11.8 Å². The number of thioether (sulfide) groups is 1. The summed E-state index contributed by atoms with van der Waals surface area (Å²) in [5.41, 5.74) is 7.42. The van der Waals surface area contributed by atoms with Gasteiger partial charge in [-0.25, -0.2) is 5.43 Å². The third-order valence-electron chi connectivity index (χ3n) is 5.71. The van der Waals surface area contributed by atoms with Crippen molar-refractivity contribution in [1.82, 2.24) is 25.2 Å². The standard InChI is InChI=1S/C30H26N6O2S/c1-2-38-27-16-14-26(15-17-27)36-29(25-9-6-18-31-20-25)34-35-30(36)39-21-28(37)33-32-19-22-10-12-24(13-11-22)23-7-4-3-5-8-23/h3-20H,2,21H2,1H3,(H,33,37)/b32-19-. The molecular weight excluding hydrogens is 508 g/mol. The van der Waals surface area contributed by atoms with Gasteiger partial charge in [0, 0.05) is 23.6 Å². The molecule has 0 aliphatic rings. The molecule has 1 N–H and O–H groups in total. The molecule has 0 atom stereocenters. The van der Waals surface area contributed by atoms with Crippen molar-refractivity contribution in [2.75, 3.05) is 12.4 Å². The summed E-state index contributed by atoms with van der Waals surface area (Å²) in [7, 11) is 0. The van der Waals surface area contributed by atoms with Gasteiger partial charge in [-0.2, -0.15) is 5.10 Å². The molecule has 0 aliphatic heterocycles. The van der Waals surface area contributed by atoms with Crippen LogP contribution < -0.4 is 10.2 Å². The summed E-state index contributed by atoms with van der Waals surface area (Å²) in [6.07, 6.45) is 5.07. The van der Waals surface area contributed by atoms with Gasteiger partial charge in [0.15, 0.2) is 11.0 Å². The lowest BCUT2D eigenvalue weighted by Crippen LogP contribution is -2.20. The molecule has 0 radical (unpaired) electrons. The van der Waals surface area contributed by atoms with E-state index in [0.717, 1.165) is 33.7 Å². The van der Waals surface area contributed by atoms with Gasteiger partial charge in [-0.1, -0.05) is 66.4 Å². The molecule has 8 nitrogen and oxygen atoms in total. The van der Waals surface area contributed by atoms with Crippen molar-refractivity contribution in [2.24, 2.45) is 5.10 Å².